The van der Waals surface area contributed by atoms with Gasteiger partial charge in [-0.1, -0.05) is 0 Å². The molecule has 0 spiro atoms. The molecule has 36 heteroatoms. The molecule has 0 aliphatic heterocycles. The molecule has 0 unspecified atom stereocenters. The number of hydrogen-bond acceptors (Lipinski definition) is 6. The van der Waals surface area contributed by atoms with Gasteiger partial charge in [-0.15, -0.1) is 0 Å². The van der Waals surface area contributed by atoms with Crippen molar-refractivity contribution < 1.29 is 150 Å². The summed E-state index contributed by atoms with van der Waals surface area (Å²) in [7, 11) is -15.2. The van der Waals surface area contributed by atoms with Crippen LogP contribution in [0.15, 0.2) is 0 Å². The SMILES string of the molecule is CC(O)O.O=S(=O)(O)C(F)(F)C(F)(F)C(F)(F)C(F)(F)C(F)(F)C(F)(F)F.O=S(=O)(O)C(F)(F)C(F)(F)C(F)(F)C(F)(F)C(F)(F)C(F)(F)F. The van der Waals surface area contributed by atoms with Crippen LogP contribution in [-0.4, -0.2) is 113 Å². The molecule has 0 saturated carbocycles. The van der Waals surface area contributed by atoms with Gasteiger partial charge in [0, 0.05) is 0 Å². The lowest BCUT2D eigenvalue weighted by Gasteiger charge is -2.38. The van der Waals surface area contributed by atoms with Gasteiger partial charge in [-0.25, -0.2) is 0 Å². The summed E-state index contributed by atoms with van der Waals surface area (Å²) in [4.78, 5) is 0. The number of halogens is 26. The molecule has 4 N–H and O–H groups in total. The third kappa shape index (κ3) is 8.26. The van der Waals surface area contributed by atoms with Crippen molar-refractivity contribution in [2.24, 2.45) is 0 Å². The standard InChI is InChI=1S/2C6HF13O3S.C2H6O2/c2*7-1(8,3(11,12)5(15,16)17)2(9,10)4(13,14)6(18,19)23(20,21)22;1-2(3)4/h2*(H,20,21,22);2-4H,1H3. The molecule has 0 amide bonds. The molecule has 0 rings (SSSR count). The molecular formula is C14H8F26O8S2. The molecule has 0 aliphatic carbocycles. The average Bonchev–Trinajstić information content (AvgIpc) is 2.80. The first kappa shape index (κ1) is 52.3. The summed E-state index contributed by atoms with van der Waals surface area (Å²) in [5.74, 6) is -64.9. The molecule has 0 bridgehead atoms. The minimum absolute atomic E-state index is 1.17. The van der Waals surface area contributed by atoms with Gasteiger partial charge in [0.1, 0.15) is 6.29 Å². The van der Waals surface area contributed by atoms with Crippen molar-refractivity contribution in [2.75, 3.05) is 0 Å². The highest BCUT2D eigenvalue weighted by atomic mass is 32.2. The largest absolute Gasteiger partial charge is 0.460 e. The first-order valence-corrected chi connectivity index (χ1v) is 12.8. The van der Waals surface area contributed by atoms with E-state index in [0.29, 0.717) is 0 Å². The molecule has 0 fully saturated rings. The van der Waals surface area contributed by atoms with Gasteiger partial charge in [0.2, 0.25) is 0 Å². The van der Waals surface area contributed by atoms with Crippen molar-refractivity contribution in [1.82, 2.24) is 0 Å². The molecule has 8 nitrogen and oxygen atoms in total. The van der Waals surface area contributed by atoms with Crippen LogP contribution >= 0.6 is 0 Å². The minimum Gasteiger partial charge on any atom is -0.368 e. The number of alkyl halides is 26. The summed E-state index contributed by atoms with van der Waals surface area (Å²) < 4.78 is 375. The van der Waals surface area contributed by atoms with Crippen LogP contribution in [-0.2, 0) is 20.2 Å². The van der Waals surface area contributed by atoms with Crippen LogP contribution in [0.1, 0.15) is 6.92 Å². The summed E-state index contributed by atoms with van der Waals surface area (Å²) in [5.41, 5.74) is 0. The first-order chi connectivity index (χ1) is 20.7. The Labute approximate surface area is 255 Å². The number of aliphatic hydroxyl groups is 2. The molecular weight excluding hydrogens is 854 g/mol. The normalized spacial score (nSPS) is 16.0. The Morgan fingerprint density at radius 1 is 0.340 bits per heavy atom. The second kappa shape index (κ2) is 13.7. The van der Waals surface area contributed by atoms with E-state index in [1.54, 1.807) is 0 Å². The molecule has 0 heterocycles. The lowest BCUT2D eigenvalue weighted by molar-refractivity contribution is -0.433. The van der Waals surface area contributed by atoms with Crippen LogP contribution in [0.25, 0.3) is 0 Å². The zero-order chi connectivity index (χ0) is 42.6. The third-order valence-electron chi connectivity index (χ3n) is 4.46. The van der Waals surface area contributed by atoms with E-state index in [-0.39, 0.29) is 0 Å². The number of rotatable bonds is 10. The van der Waals surface area contributed by atoms with Crippen LogP contribution in [0.4, 0.5) is 114 Å². The van der Waals surface area contributed by atoms with Crippen molar-refractivity contribution in [1.29, 1.82) is 0 Å². The second-order valence-corrected chi connectivity index (χ2v) is 11.1. The van der Waals surface area contributed by atoms with E-state index in [2.05, 4.69) is 0 Å². The predicted molar refractivity (Wildman–Crippen MR) is 98.6 cm³/mol. The Kier molecular flexibility index (Phi) is 14.3. The Bertz CT molecular complexity index is 1270. The van der Waals surface area contributed by atoms with E-state index in [1.165, 1.54) is 6.92 Å². The monoisotopic (exact) mass is 862 g/mol. The van der Waals surface area contributed by atoms with Crippen LogP contribution < -0.4 is 0 Å². The van der Waals surface area contributed by atoms with E-state index in [0.717, 1.165) is 0 Å². The number of aliphatic hydroxyl groups excluding tert-OH is 1. The summed E-state index contributed by atoms with van der Waals surface area (Å²) in [6.07, 6.45) is -16.4. The van der Waals surface area contributed by atoms with E-state index in [9.17, 15) is 131 Å². The summed E-state index contributed by atoms with van der Waals surface area (Å²) in [6.45, 7) is 1.28. The van der Waals surface area contributed by atoms with Crippen LogP contribution in [0.2, 0.25) is 0 Å². The van der Waals surface area contributed by atoms with Crippen LogP contribution in [0.5, 0.6) is 0 Å². The van der Waals surface area contributed by atoms with Gasteiger partial charge in [0.15, 0.2) is 0 Å². The van der Waals surface area contributed by atoms with Crippen molar-refractivity contribution in [3.8, 4) is 0 Å². The van der Waals surface area contributed by atoms with Crippen LogP contribution in [0.3, 0.4) is 0 Å². The maximum atomic E-state index is 12.7. The van der Waals surface area contributed by atoms with Crippen molar-refractivity contribution in [3.63, 3.8) is 0 Å². The highest BCUT2D eigenvalue weighted by Gasteiger charge is 2.94. The molecule has 50 heavy (non-hydrogen) atoms. The highest BCUT2D eigenvalue weighted by Crippen LogP contribution is 2.62. The zero-order valence-corrected chi connectivity index (χ0v) is 23.3. The molecule has 306 valence electrons. The maximum absolute atomic E-state index is 12.7. The third-order valence-corrected chi connectivity index (χ3v) is 6.27. The lowest BCUT2D eigenvalue weighted by Crippen LogP contribution is -2.71. The smallest absolute Gasteiger partial charge is 0.368 e. The Hall–Kier alpha value is -2.08. The Morgan fingerprint density at radius 3 is 0.560 bits per heavy atom. The van der Waals surface area contributed by atoms with Crippen LogP contribution in [0, 0.1) is 0 Å². The van der Waals surface area contributed by atoms with Gasteiger partial charge >= 0.3 is 90.5 Å². The highest BCUT2D eigenvalue weighted by molar-refractivity contribution is 7.87. The predicted octanol–water partition coefficient (Wildman–Crippen LogP) is 6.46. The molecule has 0 aromatic heterocycles. The van der Waals surface area contributed by atoms with Crippen molar-refractivity contribution in [2.45, 2.75) is 83.5 Å². The fourth-order valence-electron chi connectivity index (χ4n) is 1.83. The lowest BCUT2D eigenvalue weighted by atomic mass is 9.98. The first-order valence-electron chi connectivity index (χ1n) is 9.95. The second-order valence-electron chi connectivity index (χ2n) is 8.21. The van der Waals surface area contributed by atoms with Gasteiger partial charge in [-0.2, -0.15) is 131 Å². The van der Waals surface area contributed by atoms with Gasteiger partial charge in [0.25, 0.3) is 0 Å². The van der Waals surface area contributed by atoms with E-state index >= 15 is 0 Å². The van der Waals surface area contributed by atoms with Gasteiger partial charge in [-0.05, 0) is 6.92 Å². The van der Waals surface area contributed by atoms with Crippen molar-refractivity contribution >= 4 is 20.2 Å². The molecule has 0 aromatic rings. The quantitative estimate of drug-likeness (QED) is 0.111. The minimum atomic E-state index is -8.25. The summed E-state index contributed by atoms with van der Waals surface area (Å²) in [5, 5.41) is 0.184. The molecule has 0 atom stereocenters. The molecule has 0 radical (unpaired) electrons. The molecule has 0 aliphatic rings. The fraction of sp³-hybridized carbons (Fsp3) is 1.00. The fourth-order valence-corrected chi connectivity index (χ4v) is 2.74. The molecule has 0 aromatic carbocycles. The summed E-state index contributed by atoms with van der Waals surface area (Å²) in [6, 6.07) is 0. The molecule has 0 saturated heterocycles. The maximum Gasteiger partial charge on any atom is 0.460 e. The van der Waals surface area contributed by atoms with E-state index in [4.69, 9.17) is 19.3 Å². The summed E-state index contributed by atoms with van der Waals surface area (Å²) >= 11 is 0. The topological polar surface area (TPSA) is 149 Å². The number of hydrogen-bond donors (Lipinski definition) is 4. The Morgan fingerprint density at radius 2 is 0.460 bits per heavy atom. The van der Waals surface area contributed by atoms with E-state index in [1.807, 2.05) is 0 Å². The van der Waals surface area contributed by atoms with Gasteiger partial charge in [0.05, 0.1) is 0 Å². The average molecular weight is 862 g/mol. The van der Waals surface area contributed by atoms with Gasteiger partial charge in [-0.3, -0.25) is 9.11 Å². The van der Waals surface area contributed by atoms with Gasteiger partial charge < -0.3 is 10.2 Å². The zero-order valence-electron chi connectivity index (χ0n) is 21.6. The Balaban J connectivity index is -0.000000797. The van der Waals surface area contributed by atoms with Crippen molar-refractivity contribution in [3.05, 3.63) is 0 Å². The van der Waals surface area contributed by atoms with E-state index < -0.39 is 96.8 Å².